The van der Waals surface area contributed by atoms with Crippen molar-refractivity contribution >= 4 is 35.0 Å². The molecule has 144 valence electrons. The first kappa shape index (κ1) is 18.2. The van der Waals surface area contributed by atoms with Crippen LogP contribution in [0.2, 0.25) is 5.02 Å². The number of amides is 3. The molecule has 0 aliphatic carbocycles. The van der Waals surface area contributed by atoms with Crippen molar-refractivity contribution < 1.29 is 14.4 Å². The molecule has 0 spiro atoms. The first-order valence-corrected chi connectivity index (χ1v) is 9.38. The van der Waals surface area contributed by atoms with Crippen molar-refractivity contribution in [2.24, 2.45) is 0 Å². The van der Waals surface area contributed by atoms with E-state index in [1.54, 1.807) is 7.05 Å². The number of anilines is 1. The number of likely N-dealkylation sites (N-methyl/N-ethyl adjacent to an activating group) is 1. The molecule has 3 aliphatic rings. The third-order valence-corrected chi connectivity index (χ3v) is 5.66. The molecule has 3 heterocycles. The monoisotopic (exact) mass is 391 g/mol. The second-order valence-corrected chi connectivity index (χ2v) is 7.65. The van der Waals surface area contributed by atoms with Crippen LogP contribution < -0.4 is 10.2 Å². The Morgan fingerprint density at radius 3 is 2.59 bits per heavy atom. The summed E-state index contributed by atoms with van der Waals surface area (Å²) in [6.45, 7) is 2.76. The summed E-state index contributed by atoms with van der Waals surface area (Å²) >= 11 is 6.01. The molecule has 3 atom stereocenters. The normalized spacial score (nSPS) is 28.4. The minimum Gasteiger partial charge on any atom is -0.343 e. The summed E-state index contributed by atoms with van der Waals surface area (Å²) in [6, 6.07) is 6.64. The highest BCUT2D eigenvalue weighted by atomic mass is 35.5. The minimum atomic E-state index is -0.507. The Hall–Kier alpha value is -2.16. The van der Waals surface area contributed by atoms with Crippen LogP contribution in [-0.4, -0.2) is 77.6 Å². The zero-order valence-corrected chi connectivity index (χ0v) is 16.0. The lowest BCUT2D eigenvalue weighted by atomic mass is 10.1. The molecule has 0 bridgehead atoms. The zero-order valence-electron chi connectivity index (χ0n) is 15.3. The van der Waals surface area contributed by atoms with Gasteiger partial charge < -0.3 is 9.80 Å². The SMILES string of the molecule is CC(=O)CN1C(=O)C2C(NC3N(c4ccc(Cl)cc4)CCCN23)N(C)C1=O. The van der Waals surface area contributed by atoms with Crippen molar-refractivity contribution in [2.45, 2.75) is 31.8 Å². The fraction of sp³-hybridized carbons (Fsp3) is 0.500. The summed E-state index contributed by atoms with van der Waals surface area (Å²) in [5.74, 6) is -0.529. The van der Waals surface area contributed by atoms with Crippen LogP contribution in [0.3, 0.4) is 0 Å². The third kappa shape index (κ3) is 2.97. The van der Waals surface area contributed by atoms with Gasteiger partial charge in [0.05, 0.1) is 6.54 Å². The number of nitrogens with zero attached hydrogens (tertiary/aromatic N) is 4. The summed E-state index contributed by atoms with van der Waals surface area (Å²) in [5, 5.41) is 4.10. The predicted molar refractivity (Wildman–Crippen MR) is 100 cm³/mol. The van der Waals surface area contributed by atoms with E-state index in [9.17, 15) is 14.4 Å². The van der Waals surface area contributed by atoms with Crippen LogP contribution in [-0.2, 0) is 9.59 Å². The van der Waals surface area contributed by atoms with E-state index < -0.39 is 18.2 Å². The first-order valence-electron chi connectivity index (χ1n) is 9.00. The average molecular weight is 392 g/mol. The highest BCUT2D eigenvalue weighted by Gasteiger charge is 2.56. The Bertz CT molecular complexity index is 786. The van der Waals surface area contributed by atoms with Gasteiger partial charge in [-0.1, -0.05) is 11.6 Å². The van der Waals surface area contributed by atoms with Gasteiger partial charge in [-0.05, 0) is 37.6 Å². The average Bonchev–Trinajstić information content (AvgIpc) is 3.04. The number of Topliss-reactive ketones (excluding diaryl/α,β-unsaturated/α-hetero) is 1. The predicted octanol–water partition coefficient (Wildman–Crippen LogP) is 0.917. The van der Waals surface area contributed by atoms with Crippen molar-refractivity contribution in [3.05, 3.63) is 29.3 Å². The van der Waals surface area contributed by atoms with Gasteiger partial charge in [0.1, 0.15) is 24.3 Å². The fourth-order valence-electron chi connectivity index (χ4n) is 4.18. The number of benzene rings is 1. The number of hydrogen-bond acceptors (Lipinski definition) is 6. The van der Waals surface area contributed by atoms with Gasteiger partial charge >= 0.3 is 6.03 Å². The number of fused-ring (bicyclic) bond motifs is 3. The van der Waals surface area contributed by atoms with Gasteiger partial charge in [-0.25, -0.2) is 4.79 Å². The standard InChI is InChI=1S/C18H22ClN5O3/c1-11(25)10-24-16(26)14-15(21(2)18(24)27)20-17-22(8-3-9-23(14)17)13-6-4-12(19)5-7-13/h4-7,14-15,17,20H,3,8-10H2,1-2H3. The lowest BCUT2D eigenvalue weighted by molar-refractivity contribution is -0.141. The van der Waals surface area contributed by atoms with E-state index >= 15 is 0 Å². The molecule has 8 nitrogen and oxygen atoms in total. The second-order valence-electron chi connectivity index (χ2n) is 7.21. The first-order chi connectivity index (χ1) is 12.9. The van der Waals surface area contributed by atoms with Crippen LogP contribution in [0.4, 0.5) is 10.5 Å². The van der Waals surface area contributed by atoms with Gasteiger partial charge in [0.25, 0.3) is 5.91 Å². The number of nitrogens with one attached hydrogen (secondary N) is 1. The van der Waals surface area contributed by atoms with Crippen LogP contribution in [0.25, 0.3) is 0 Å². The molecule has 9 heteroatoms. The fourth-order valence-corrected chi connectivity index (χ4v) is 4.31. The molecule has 1 aromatic carbocycles. The van der Waals surface area contributed by atoms with Gasteiger partial charge in [-0.2, -0.15) is 0 Å². The highest BCUT2D eigenvalue weighted by molar-refractivity contribution is 6.30. The lowest BCUT2D eigenvalue weighted by Crippen LogP contribution is -2.66. The van der Waals surface area contributed by atoms with Gasteiger partial charge in [0, 0.05) is 30.8 Å². The van der Waals surface area contributed by atoms with E-state index in [4.69, 9.17) is 11.6 Å². The van der Waals surface area contributed by atoms with Crippen LogP contribution in [0.5, 0.6) is 0 Å². The number of ketones is 1. The third-order valence-electron chi connectivity index (χ3n) is 5.41. The lowest BCUT2D eigenvalue weighted by Gasteiger charge is -2.43. The largest absolute Gasteiger partial charge is 0.343 e. The van der Waals surface area contributed by atoms with E-state index in [1.807, 2.05) is 24.3 Å². The summed E-state index contributed by atoms with van der Waals surface area (Å²) in [5.41, 5.74) is 1.00. The van der Waals surface area contributed by atoms with E-state index in [0.29, 0.717) is 5.02 Å². The molecule has 0 radical (unpaired) electrons. The van der Waals surface area contributed by atoms with Crippen molar-refractivity contribution in [3.8, 4) is 0 Å². The number of hydrogen-bond donors (Lipinski definition) is 1. The van der Waals surface area contributed by atoms with Crippen LogP contribution >= 0.6 is 11.6 Å². The summed E-state index contributed by atoms with van der Waals surface area (Å²) in [4.78, 5) is 44.0. The summed E-state index contributed by atoms with van der Waals surface area (Å²) < 4.78 is 0. The van der Waals surface area contributed by atoms with Gasteiger partial charge in [0.15, 0.2) is 0 Å². The molecule has 3 saturated heterocycles. The molecule has 1 N–H and O–H groups in total. The topological polar surface area (TPSA) is 76.2 Å². The minimum absolute atomic E-state index is 0.190. The molecular weight excluding hydrogens is 370 g/mol. The Balaban J connectivity index is 1.65. The van der Waals surface area contributed by atoms with Gasteiger partial charge in [-0.15, -0.1) is 0 Å². The van der Waals surface area contributed by atoms with Gasteiger partial charge in [-0.3, -0.25) is 24.7 Å². The Morgan fingerprint density at radius 1 is 1.22 bits per heavy atom. The number of halogens is 1. The number of imide groups is 1. The molecule has 0 saturated carbocycles. The van der Waals surface area contributed by atoms with Crippen molar-refractivity contribution in [2.75, 3.05) is 31.6 Å². The Labute approximate surface area is 162 Å². The number of carbonyl (C=O) groups is 3. The summed E-state index contributed by atoms with van der Waals surface area (Å²) in [6.07, 6.45) is 0.263. The smallest absolute Gasteiger partial charge is 0.328 e. The van der Waals surface area contributed by atoms with Crippen molar-refractivity contribution in [3.63, 3.8) is 0 Å². The zero-order chi connectivity index (χ0) is 19.3. The van der Waals surface area contributed by atoms with Crippen molar-refractivity contribution in [1.29, 1.82) is 0 Å². The maximum absolute atomic E-state index is 13.0. The molecule has 3 unspecified atom stereocenters. The highest BCUT2D eigenvalue weighted by Crippen LogP contribution is 2.33. The van der Waals surface area contributed by atoms with Crippen LogP contribution in [0.1, 0.15) is 13.3 Å². The number of urea groups is 1. The molecule has 3 fully saturated rings. The molecule has 27 heavy (non-hydrogen) atoms. The molecule has 3 amide bonds. The molecule has 1 aromatic rings. The Kier molecular flexibility index (Phi) is 4.57. The van der Waals surface area contributed by atoms with Crippen LogP contribution in [0, 0.1) is 0 Å². The maximum atomic E-state index is 13.0. The number of rotatable bonds is 3. The molecule has 4 rings (SSSR count). The maximum Gasteiger partial charge on any atom is 0.328 e. The van der Waals surface area contributed by atoms with E-state index in [2.05, 4.69) is 15.1 Å². The van der Waals surface area contributed by atoms with Crippen molar-refractivity contribution in [1.82, 2.24) is 20.0 Å². The van der Waals surface area contributed by atoms with E-state index in [1.165, 1.54) is 11.8 Å². The molecule has 0 aromatic heterocycles. The molecular formula is C18H22ClN5O3. The van der Waals surface area contributed by atoms with Crippen LogP contribution in [0.15, 0.2) is 24.3 Å². The second kappa shape index (κ2) is 6.78. The summed E-state index contributed by atoms with van der Waals surface area (Å²) in [7, 11) is 1.66. The Morgan fingerprint density at radius 2 is 1.93 bits per heavy atom. The quantitative estimate of drug-likeness (QED) is 0.825. The molecule has 3 aliphatic heterocycles. The number of carbonyl (C=O) groups excluding carboxylic acids is 3. The van der Waals surface area contributed by atoms with E-state index in [0.717, 1.165) is 30.1 Å². The van der Waals surface area contributed by atoms with E-state index in [-0.39, 0.29) is 24.5 Å². The van der Waals surface area contributed by atoms with Gasteiger partial charge in [0.2, 0.25) is 0 Å².